The van der Waals surface area contributed by atoms with Gasteiger partial charge in [-0.05, 0) is 37.3 Å². The fraction of sp³-hybridized carbons (Fsp3) is 0.133. The standard InChI is InChI=1S/C15H9F3N2O2/c1-9(21)10-2-4-12(5-3-10)22-14-6-11(15(16,17)18)8-20-13(14)7-19/h2-6,8H,1H3. The van der Waals surface area contributed by atoms with Gasteiger partial charge in [0, 0.05) is 11.8 Å². The third kappa shape index (κ3) is 3.41. The van der Waals surface area contributed by atoms with Crippen LogP contribution in [0.25, 0.3) is 0 Å². The Morgan fingerprint density at radius 2 is 1.91 bits per heavy atom. The molecule has 0 fully saturated rings. The Morgan fingerprint density at radius 3 is 2.41 bits per heavy atom. The minimum Gasteiger partial charge on any atom is -0.454 e. The zero-order chi connectivity index (χ0) is 16.3. The van der Waals surface area contributed by atoms with Crippen molar-refractivity contribution in [3.63, 3.8) is 0 Å². The number of hydrogen-bond acceptors (Lipinski definition) is 4. The maximum absolute atomic E-state index is 12.7. The van der Waals surface area contributed by atoms with Crippen molar-refractivity contribution < 1.29 is 22.7 Å². The molecule has 0 unspecified atom stereocenters. The molecule has 0 atom stereocenters. The highest BCUT2D eigenvalue weighted by Crippen LogP contribution is 2.33. The molecule has 0 aliphatic carbocycles. The van der Waals surface area contributed by atoms with E-state index >= 15 is 0 Å². The average Bonchev–Trinajstić information content (AvgIpc) is 2.46. The maximum Gasteiger partial charge on any atom is 0.418 e. The Kier molecular flexibility index (Phi) is 4.13. The van der Waals surface area contributed by atoms with Crippen LogP contribution in [0.5, 0.6) is 11.5 Å². The molecule has 0 aliphatic rings. The second-order valence-corrected chi connectivity index (χ2v) is 4.36. The van der Waals surface area contributed by atoms with Crippen molar-refractivity contribution in [1.29, 1.82) is 5.26 Å². The number of aromatic nitrogens is 1. The van der Waals surface area contributed by atoms with Crippen LogP contribution in [0.1, 0.15) is 28.5 Å². The van der Waals surface area contributed by atoms with E-state index in [0.29, 0.717) is 17.8 Å². The third-order valence-electron chi connectivity index (χ3n) is 2.77. The number of rotatable bonds is 3. The van der Waals surface area contributed by atoms with Crippen molar-refractivity contribution in [3.8, 4) is 17.6 Å². The molecule has 1 aromatic heterocycles. The molecule has 0 radical (unpaired) electrons. The number of nitriles is 1. The maximum atomic E-state index is 12.7. The first kappa shape index (κ1) is 15.5. The van der Waals surface area contributed by atoms with Gasteiger partial charge in [0.1, 0.15) is 11.8 Å². The van der Waals surface area contributed by atoms with Crippen LogP contribution in [-0.4, -0.2) is 10.8 Å². The summed E-state index contributed by atoms with van der Waals surface area (Å²) < 4.78 is 43.3. The van der Waals surface area contributed by atoms with Crippen LogP contribution in [0.2, 0.25) is 0 Å². The van der Waals surface area contributed by atoms with Gasteiger partial charge < -0.3 is 4.74 Å². The molecule has 0 spiro atoms. The molecule has 112 valence electrons. The molecule has 4 nitrogen and oxygen atoms in total. The third-order valence-corrected chi connectivity index (χ3v) is 2.77. The smallest absolute Gasteiger partial charge is 0.418 e. The molecule has 1 aromatic carbocycles. The van der Waals surface area contributed by atoms with Crippen molar-refractivity contribution in [1.82, 2.24) is 4.98 Å². The number of nitrogens with zero attached hydrogens (tertiary/aromatic N) is 2. The molecule has 0 N–H and O–H groups in total. The highest BCUT2D eigenvalue weighted by molar-refractivity contribution is 5.94. The average molecular weight is 306 g/mol. The van der Waals surface area contributed by atoms with Crippen LogP contribution < -0.4 is 4.74 Å². The summed E-state index contributed by atoms with van der Waals surface area (Å²) in [4.78, 5) is 14.6. The minimum absolute atomic E-state index is 0.148. The van der Waals surface area contributed by atoms with E-state index < -0.39 is 11.7 Å². The Bertz CT molecular complexity index is 747. The number of pyridine rings is 1. The lowest BCUT2D eigenvalue weighted by Gasteiger charge is -2.11. The number of carbonyl (C=O) groups excluding carboxylic acids is 1. The van der Waals surface area contributed by atoms with Gasteiger partial charge in [-0.2, -0.15) is 18.4 Å². The van der Waals surface area contributed by atoms with E-state index in [2.05, 4.69) is 4.98 Å². The molecule has 0 bridgehead atoms. The Labute approximate surface area is 123 Å². The lowest BCUT2D eigenvalue weighted by atomic mass is 10.1. The van der Waals surface area contributed by atoms with E-state index in [1.54, 1.807) is 6.07 Å². The zero-order valence-electron chi connectivity index (χ0n) is 11.3. The van der Waals surface area contributed by atoms with Gasteiger partial charge in [-0.15, -0.1) is 0 Å². The first-order valence-electron chi connectivity index (χ1n) is 6.07. The van der Waals surface area contributed by atoms with Crippen LogP contribution in [0, 0.1) is 11.3 Å². The lowest BCUT2D eigenvalue weighted by molar-refractivity contribution is -0.137. The highest BCUT2D eigenvalue weighted by Gasteiger charge is 2.32. The van der Waals surface area contributed by atoms with Gasteiger partial charge in [-0.3, -0.25) is 4.79 Å². The summed E-state index contributed by atoms with van der Waals surface area (Å²) in [5.41, 5.74) is -0.833. The summed E-state index contributed by atoms with van der Waals surface area (Å²) in [5, 5.41) is 8.89. The van der Waals surface area contributed by atoms with E-state index in [4.69, 9.17) is 10.00 Å². The number of halogens is 3. The van der Waals surface area contributed by atoms with Gasteiger partial charge in [-0.25, -0.2) is 4.98 Å². The van der Waals surface area contributed by atoms with Crippen molar-refractivity contribution >= 4 is 5.78 Å². The van der Waals surface area contributed by atoms with Crippen LogP contribution in [0.15, 0.2) is 36.5 Å². The van der Waals surface area contributed by atoms with Crippen LogP contribution in [0.4, 0.5) is 13.2 Å². The molecule has 0 amide bonds. The van der Waals surface area contributed by atoms with Crippen molar-refractivity contribution in [3.05, 3.63) is 53.3 Å². The molecule has 2 aromatic rings. The summed E-state index contributed by atoms with van der Waals surface area (Å²) >= 11 is 0. The quantitative estimate of drug-likeness (QED) is 0.805. The van der Waals surface area contributed by atoms with E-state index in [1.807, 2.05) is 0 Å². The first-order valence-corrected chi connectivity index (χ1v) is 6.07. The fourth-order valence-electron chi connectivity index (χ4n) is 1.65. The number of hydrogen-bond donors (Lipinski definition) is 0. The van der Waals surface area contributed by atoms with E-state index in [-0.39, 0.29) is 23.0 Å². The van der Waals surface area contributed by atoms with Gasteiger partial charge >= 0.3 is 6.18 Å². The number of ether oxygens (including phenoxy) is 1. The van der Waals surface area contributed by atoms with Crippen LogP contribution in [0.3, 0.4) is 0 Å². The Balaban J connectivity index is 2.35. The summed E-state index contributed by atoms with van der Waals surface area (Å²) in [6.45, 7) is 1.39. The van der Waals surface area contributed by atoms with Crippen LogP contribution >= 0.6 is 0 Å². The summed E-state index contributed by atoms with van der Waals surface area (Å²) in [6.07, 6.45) is -4.01. The second-order valence-electron chi connectivity index (χ2n) is 4.36. The molecular weight excluding hydrogens is 297 g/mol. The number of carbonyl (C=O) groups is 1. The van der Waals surface area contributed by atoms with E-state index in [9.17, 15) is 18.0 Å². The van der Waals surface area contributed by atoms with Gasteiger partial charge in [0.2, 0.25) is 0 Å². The lowest BCUT2D eigenvalue weighted by Crippen LogP contribution is -2.06. The van der Waals surface area contributed by atoms with Crippen molar-refractivity contribution in [2.75, 3.05) is 0 Å². The van der Waals surface area contributed by atoms with Gasteiger partial charge in [-0.1, -0.05) is 0 Å². The Hall–Kier alpha value is -2.88. The van der Waals surface area contributed by atoms with Crippen LogP contribution in [-0.2, 0) is 6.18 Å². The SMILES string of the molecule is CC(=O)c1ccc(Oc2cc(C(F)(F)F)cnc2C#N)cc1. The monoisotopic (exact) mass is 306 g/mol. The Morgan fingerprint density at radius 1 is 1.27 bits per heavy atom. The number of ketones is 1. The van der Waals surface area contributed by atoms with Crippen molar-refractivity contribution in [2.24, 2.45) is 0 Å². The molecule has 0 saturated carbocycles. The number of alkyl halides is 3. The normalized spacial score (nSPS) is 10.9. The largest absolute Gasteiger partial charge is 0.454 e. The summed E-state index contributed by atoms with van der Waals surface area (Å²) in [7, 11) is 0. The van der Waals surface area contributed by atoms with E-state index in [1.165, 1.54) is 31.2 Å². The van der Waals surface area contributed by atoms with Gasteiger partial charge in [0.15, 0.2) is 17.2 Å². The minimum atomic E-state index is -4.59. The summed E-state index contributed by atoms with van der Waals surface area (Å²) in [6, 6.07) is 8.19. The first-order chi connectivity index (χ1) is 10.3. The van der Waals surface area contributed by atoms with E-state index in [0.717, 1.165) is 0 Å². The molecule has 22 heavy (non-hydrogen) atoms. The topological polar surface area (TPSA) is 63.0 Å². The molecule has 0 aliphatic heterocycles. The zero-order valence-corrected chi connectivity index (χ0v) is 11.3. The summed E-state index contributed by atoms with van der Waals surface area (Å²) in [5.74, 6) is -0.250. The highest BCUT2D eigenvalue weighted by atomic mass is 19.4. The van der Waals surface area contributed by atoms with Gasteiger partial charge in [0.25, 0.3) is 0 Å². The predicted molar refractivity (Wildman–Crippen MR) is 70.5 cm³/mol. The molecule has 2 rings (SSSR count). The van der Waals surface area contributed by atoms with Gasteiger partial charge in [0.05, 0.1) is 5.56 Å². The predicted octanol–water partition coefficient (Wildman–Crippen LogP) is 3.97. The second kappa shape index (κ2) is 5.85. The molecule has 0 saturated heterocycles. The molecule has 7 heteroatoms. The van der Waals surface area contributed by atoms with Crippen molar-refractivity contribution in [2.45, 2.75) is 13.1 Å². The molecular formula is C15H9F3N2O2. The number of Topliss-reactive ketones (excluding diaryl/α,β-unsaturated/α-hetero) is 1. The molecule has 1 heterocycles. The number of benzene rings is 1. The fourth-order valence-corrected chi connectivity index (χ4v) is 1.65.